The fourth-order valence-corrected chi connectivity index (χ4v) is 6.36. The van der Waals surface area contributed by atoms with Gasteiger partial charge in [-0.2, -0.15) is 0 Å². The second kappa shape index (κ2) is 9.11. The zero-order chi connectivity index (χ0) is 25.9. The molecule has 3 aromatic heterocycles. The molecule has 0 bridgehead atoms. The van der Waals surface area contributed by atoms with E-state index >= 15 is 0 Å². The quantitative estimate of drug-likeness (QED) is 0.338. The minimum absolute atomic E-state index is 0.358. The number of hydrogen-bond donors (Lipinski definition) is 0. The van der Waals surface area contributed by atoms with Crippen LogP contribution >= 0.6 is 11.6 Å². The Bertz CT molecular complexity index is 1560. The van der Waals surface area contributed by atoms with Crippen molar-refractivity contribution in [3.63, 3.8) is 0 Å². The fraction of sp³-hybridized carbons (Fsp3) is 0.346. The number of halogens is 3. The monoisotopic (exact) mass is 543 g/mol. The minimum Gasteiger partial charge on any atom is -0.469 e. The van der Waals surface area contributed by atoms with Crippen LogP contribution in [-0.2, 0) is 24.0 Å². The van der Waals surface area contributed by atoms with Crippen molar-refractivity contribution in [1.82, 2.24) is 23.9 Å². The van der Waals surface area contributed by atoms with Gasteiger partial charge >= 0.3 is 0 Å². The molecule has 0 N–H and O–H groups in total. The SMILES string of the molecule is Cc1ccc(Cc2ccn3c(C(F)F)nnc3c2C)cc1CN1CC2(CC2)Oc2ncc(Cl)cc2S1=O. The molecule has 0 amide bonds. The molecule has 1 saturated carbocycles. The number of aryl methyl sites for hydroxylation is 2. The zero-order valence-electron chi connectivity index (χ0n) is 20.2. The molecule has 1 spiro atoms. The number of nitrogens with zero attached hydrogens (tertiary/aromatic N) is 5. The lowest BCUT2D eigenvalue weighted by Gasteiger charge is -2.23. The first-order valence-electron chi connectivity index (χ1n) is 11.9. The van der Waals surface area contributed by atoms with Crippen molar-refractivity contribution >= 4 is 28.2 Å². The lowest BCUT2D eigenvalue weighted by atomic mass is 9.98. The Kier molecular flexibility index (Phi) is 6.00. The number of pyridine rings is 2. The molecule has 1 atom stereocenters. The van der Waals surface area contributed by atoms with Crippen molar-refractivity contribution in [2.45, 2.75) is 56.6 Å². The van der Waals surface area contributed by atoms with Crippen LogP contribution in [0.5, 0.6) is 5.88 Å². The minimum atomic E-state index is -2.69. The van der Waals surface area contributed by atoms with E-state index in [9.17, 15) is 13.0 Å². The maximum absolute atomic E-state index is 13.6. The normalized spacial score (nSPS) is 18.7. The van der Waals surface area contributed by atoms with Gasteiger partial charge in [0.1, 0.15) is 21.5 Å². The molecule has 7 nitrogen and oxygen atoms in total. The molecular formula is C26H24ClF2N5O2S. The molecule has 37 heavy (non-hydrogen) atoms. The molecule has 11 heteroatoms. The van der Waals surface area contributed by atoms with Crippen molar-refractivity contribution in [1.29, 1.82) is 0 Å². The van der Waals surface area contributed by atoms with Crippen LogP contribution in [0.15, 0.2) is 47.6 Å². The molecule has 0 saturated heterocycles. The molecule has 0 radical (unpaired) electrons. The van der Waals surface area contributed by atoms with Crippen molar-refractivity contribution in [2.75, 3.05) is 6.54 Å². The Morgan fingerprint density at radius 3 is 2.73 bits per heavy atom. The van der Waals surface area contributed by atoms with E-state index in [1.165, 1.54) is 10.6 Å². The summed E-state index contributed by atoms with van der Waals surface area (Å²) in [7, 11) is -1.48. The first kappa shape index (κ1) is 24.4. The number of aromatic nitrogens is 4. The second-order valence-electron chi connectivity index (χ2n) is 9.75. The van der Waals surface area contributed by atoms with Gasteiger partial charge in [-0.15, -0.1) is 10.2 Å². The highest BCUT2D eigenvalue weighted by Gasteiger charge is 2.50. The molecule has 1 aromatic carbocycles. The van der Waals surface area contributed by atoms with Crippen LogP contribution in [0.1, 0.15) is 52.9 Å². The third kappa shape index (κ3) is 4.51. The number of rotatable bonds is 5. The highest BCUT2D eigenvalue weighted by Crippen LogP contribution is 2.45. The third-order valence-corrected chi connectivity index (χ3v) is 8.71. The Labute approximate surface area is 220 Å². The summed E-state index contributed by atoms with van der Waals surface area (Å²) in [5.74, 6) is 0.0331. The smallest absolute Gasteiger partial charge is 0.297 e. The topological polar surface area (TPSA) is 72.6 Å². The molecule has 6 rings (SSSR count). The summed E-state index contributed by atoms with van der Waals surface area (Å²) in [5, 5.41) is 8.05. The molecule has 1 fully saturated rings. The summed E-state index contributed by atoms with van der Waals surface area (Å²) in [6, 6.07) is 9.73. The number of benzene rings is 1. The summed E-state index contributed by atoms with van der Waals surface area (Å²) in [6.07, 6.45) is 2.81. The summed E-state index contributed by atoms with van der Waals surface area (Å²) < 4.78 is 49.5. The van der Waals surface area contributed by atoms with E-state index in [0.717, 1.165) is 40.7 Å². The largest absolute Gasteiger partial charge is 0.469 e. The average molecular weight is 544 g/mol. The first-order valence-corrected chi connectivity index (χ1v) is 13.4. The van der Waals surface area contributed by atoms with Crippen molar-refractivity contribution < 1.29 is 17.7 Å². The Morgan fingerprint density at radius 2 is 1.97 bits per heavy atom. The van der Waals surface area contributed by atoms with E-state index in [4.69, 9.17) is 16.3 Å². The van der Waals surface area contributed by atoms with Gasteiger partial charge in [0.05, 0.1) is 11.6 Å². The molecule has 1 aliphatic carbocycles. The summed E-state index contributed by atoms with van der Waals surface area (Å²) in [6.45, 7) is 4.92. The van der Waals surface area contributed by atoms with Gasteiger partial charge in [0, 0.05) is 18.9 Å². The Balaban J connectivity index is 1.29. The van der Waals surface area contributed by atoms with Gasteiger partial charge in [0.25, 0.3) is 6.43 Å². The number of fused-ring (bicyclic) bond motifs is 2. The second-order valence-corrected chi connectivity index (χ2v) is 11.6. The average Bonchev–Trinajstić information content (AvgIpc) is 3.49. The fourth-order valence-electron chi connectivity index (χ4n) is 4.78. The van der Waals surface area contributed by atoms with Gasteiger partial charge in [-0.25, -0.2) is 22.3 Å². The number of hydrogen-bond acceptors (Lipinski definition) is 5. The van der Waals surface area contributed by atoms with Crippen molar-refractivity contribution in [3.8, 4) is 5.88 Å². The lowest BCUT2D eigenvalue weighted by molar-refractivity contribution is 0.139. The van der Waals surface area contributed by atoms with E-state index in [0.29, 0.717) is 41.0 Å². The first-order chi connectivity index (χ1) is 17.7. The standard InChI is InChI=1S/C26H24ClF2N5O2S/c1-15-3-4-17(9-18-5-8-34-23(16(18)2)31-32-24(34)22(28)29)10-19(15)13-33-14-26(6-7-26)36-25-21(37(33)35)11-20(27)12-30-25/h3-5,8,10-12,22H,6-7,9,13-14H2,1-2H3. The molecule has 4 aromatic rings. The molecule has 1 aliphatic heterocycles. The van der Waals surface area contributed by atoms with Crippen LogP contribution in [-0.4, -0.2) is 40.2 Å². The number of ether oxygens (including phenoxy) is 1. The summed E-state index contributed by atoms with van der Waals surface area (Å²) >= 11 is 6.16. The summed E-state index contributed by atoms with van der Waals surface area (Å²) in [5.41, 5.74) is 5.06. The van der Waals surface area contributed by atoms with E-state index in [1.807, 2.05) is 24.2 Å². The van der Waals surface area contributed by atoms with Crippen LogP contribution in [0.2, 0.25) is 5.02 Å². The van der Waals surface area contributed by atoms with Gasteiger partial charge in [-0.05, 0) is 73.1 Å². The van der Waals surface area contributed by atoms with Crippen LogP contribution < -0.4 is 4.74 Å². The lowest BCUT2D eigenvalue weighted by Crippen LogP contribution is -2.35. The van der Waals surface area contributed by atoms with Gasteiger partial charge in [0.2, 0.25) is 11.7 Å². The Morgan fingerprint density at radius 1 is 1.16 bits per heavy atom. The van der Waals surface area contributed by atoms with Crippen molar-refractivity contribution in [3.05, 3.63) is 81.4 Å². The van der Waals surface area contributed by atoms with Crippen LogP contribution in [0.3, 0.4) is 0 Å². The predicted octanol–water partition coefficient (Wildman–Crippen LogP) is 5.37. The molecule has 192 valence electrons. The highest BCUT2D eigenvalue weighted by molar-refractivity contribution is 7.82. The van der Waals surface area contributed by atoms with Crippen LogP contribution in [0.4, 0.5) is 8.78 Å². The van der Waals surface area contributed by atoms with E-state index in [-0.39, 0.29) is 11.4 Å². The molecule has 1 unspecified atom stereocenters. The van der Waals surface area contributed by atoms with Gasteiger partial charge in [-0.1, -0.05) is 29.8 Å². The zero-order valence-corrected chi connectivity index (χ0v) is 21.8. The maximum atomic E-state index is 13.6. The molecular weight excluding hydrogens is 520 g/mol. The molecule has 4 heterocycles. The summed E-state index contributed by atoms with van der Waals surface area (Å²) in [4.78, 5) is 4.79. The highest BCUT2D eigenvalue weighted by atomic mass is 35.5. The van der Waals surface area contributed by atoms with Crippen LogP contribution in [0, 0.1) is 13.8 Å². The molecule has 2 aliphatic rings. The third-order valence-electron chi connectivity index (χ3n) is 7.11. The van der Waals surface area contributed by atoms with E-state index < -0.39 is 17.4 Å². The van der Waals surface area contributed by atoms with Crippen LogP contribution in [0.25, 0.3) is 5.65 Å². The number of alkyl halides is 2. The predicted molar refractivity (Wildman–Crippen MR) is 135 cm³/mol. The van der Waals surface area contributed by atoms with Gasteiger partial charge in [-0.3, -0.25) is 4.40 Å². The van der Waals surface area contributed by atoms with E-state index in [1.54, 1.807) is 12.3 Å². The van der Waals surface area contributed by atoms with Gasteiger partial charge in [0.15, 0.2) is 5.65 Å². The maximum Gasteiger partial charge on any atom is 0.297 e. The van der Waals surface area contributed by atoms with E-state index in [2.05, 4.69) is 33.4 Å². The Hall–Kier alpha value is -2.95. The van der Waals surface area contributed by atoms with Gasteiger partial charge < -0.3 is 4.74 Å². The van der Waals surface area contributed by atoms with Crippen molar-refractivity contribution in [2.24, 2.45) is 0 Å².